The van der Waals surface area contributed by atoms with Crippen molar-refractivity contribution in [3.63, 3.8) is 0 Å². The molecule has 4 N–H and O–H groups in total. The van der Waals surface area contributed by atoms with Crippen molar-refractivity contribution < 1.29 is 5.11 Å². The summed E-state index contributed by atoms with van der Waals surface area (Å²) in [5, 5.41) is 16.2. The molecule has 1 aliphatic rings. The monoisotopic (exact) mass is 381 g/mol. The molecule has 28 heavy (non-hydrogen) atoms. The van der Waals surface area contributed by atoms with Crippen LogP contribution in [0.15, 0.2) is 36.5 Å². The van der Waals surface area contributed by atoms with Crippen LogP contribution in [-0.4, -0.2) is 44.8 Å². The van der Waals surface area contributed by atoms with E-state index in [0.29, 0.717) is 12.6 Å². The number of hydrogen-bond acceptors (Lipinski definition) is 5. The first kappa shape index (κ1) is 20.3. The van der Waals surface area contributed by atoms with Crippen LogP contribution in [0.3, 0.4) is 0 Å². The van der Waals surface area contributed by atoms with Gasteiger partial charge in [-0.3, -0.25) is 0 Å². The topological polar surface area (TPSA) is 85.9 Å². The molecule has 1 saturated heterocycles. The van der Waals surface area contributed by atoms with Gasteiger partial charge in [0.1, 0.15) is 5.82 Å². The lowest BCUT2D eigenvalue weighted by Crippen LogP contribution is -2.26. The molecule has 1 aromatic carbocycles. The smallest absolute Gasteiger partial charge is 0.161 e. The molecular formula is C22H31N5O. The number of fused-ring (bicyclic) bond motifs is 1. The Morgan fingerprint density at radius 1 is 1.21 bits per heavy atom. The number of nitrogens with zero attached hydrogens (tertiary/aromatic N) is 2. The molecule has 1 fully saturated rings. The lowest BCUT2D eigenvalue weighted by atomic mass is 10.1. The van der Waals surface area contributed by atoms with E-state index < -0.39 is 0 Å². The van der Waals surface area contributed by atoms with Crippen LogP contribution in [-0.2, 0) is 0 Å². The summed E-state index contributed by atoms with van der Waals surface area (Å²) >= 11 is 0. The summed E-state index contributed by atoms with van der Waals surface area (Å²) in [6.07, 6.45) is 4.17. The molecule has 150 valence electrons. The van der Waals surface area contributed by atoms with Crippen LogP contribution >= 0.6 is 0 Å². The third-order valence-electron chi connectivity index (χ3n) is 4.56. The Bertz CT molecular complexity index is 907. The molecule has 1 atom stereocenters. The molecular weight excluding hydrogens is 350 g/mol. The van der Waals surface area contributed by atoms with E-state index >= 15 is 0 Å². The van der Waals surface area contributed by atoms with Gasteiger partial charge in [-0.15, -0.1) is 0 Å². The van der Waals surface area contributed by atoms with Gasteiger partial charge in [-0.2, -0.15) is 0 Å². The number of rotatable bonds is 3. The molecule has 6 nitrogen and oxygen atoms in total. The zero-order valence-corrected chi connectivity index (χ0v) is 17.2. The lowest BCUT2D eigenvalue weighted by molar-refractivity contribution is 0.255. The van der Waals surface area contributed by atoms with Gasteiger partial charge in [-0.05, 0) is 77.4 Å². The Kier molecular flexibility index (Phi) is 6.31. The minimum absolute atomic E-state index is 0.0205. The molecule has 0 spiro atoms. The number of benzene rings is 1. The van der Waals surface area contributed by atoms with Crippen molar-refractivity contribution in [1.29, 1.82) is 0 Å². The summed E-state index contributed by atoms with van der Waals surface area (Å²) in [6.45, 7) is 9.80. The molecule has 1 aliphatic heterocycles. The van der Waals surface area contributed by atoms with E-state index in [1.54, 1.807) is 6.20 Å². The SMILES string of the molecule is Cc1cc2cc(-c3nccc(NC(C)(C)C)n3)ccc2[nH]1.OCC1CCCN1. The third kappa shape index (κ3) is 5.53. The molecule has 0 amide bonds. The highest BCUT2D eigenvalue weighted by molar-refractivity contribution is 5.84. The molecule has 0 bridgehead atoms. The van der Waals surface area contributed by atoms with Crippen LogP contribution in [0.2, 0.25) is 0 Å². The highest BCUT2D eigenvalue weighted by Crippen LogP contribution is 2.23. The molecule has 0 saturated carbocycles. The van der Waals surface area contributed by atoms with Gasteiger partial charge in [0, 0.05) is 39.9 Å². The standard InChI is InChI=1S/C17H20N4.C5H11NO/c1-11-9-13-10-12(5-6-14(13)19-11)16-18-8-7-15(20-16)21-17(2,3)4;7-4-5-2-1-3-6-5/h5-10,19H,1-4H3,(H,18,20,21);5-7H,1-4H2. The number of aliphatic hydroxyl groups is 1. The number of aromatic nitrogens is 3. The highest BCUT2D eigenvalue weighted by atomic mass is 16.3. The molecule has 0 aliphatic carbocycles. The summed E-state index contributed by atoms with van der Waals surface area (Å²) in [5.41, 5.74) is 3.30. The third-order valence-corrected chi connectivity index (χ3v) is 4.56. The number of anilines is 1. The number of aliphatic hydroxyl groups excluding tert-OH is 1. The number of hydrogen-bond donors (Lipinski definition) is 4. The first-order valence-electron chi connectivity index (χ1n) is 9.89. The van der Waals surface area contributed by atoms with Gasteiger partial charge >= 0.3 is 0 Å². The average Bonchev–Trinajstić information content (AvgIpc) is 3.28. The number of nitrogens with one attached hydrogen (secondary N) is 3. The van der Waals surface area contributed by atoms with Crippen molar-refractivity contribution in [1.82, 2.24) is 20.3 Å². The van der Waals surface area contributed by atoms with E-state index in [4.69, 9.17) is 5.11 Å². The van der Waals surface area contributed by atoms with E-state index in [1.165, 1.54) is 11.8 Å². The predicted octanol–water partition coefficient (Wildman–Crippen LogP) is 3.87. The summed E-state index contributed by atoms with van der Waals surface area (Å²) in [5.74, 6) is 1.59. The predicted molar refractivity (Wildman–Crippen MR) is 116 cm³/mol. The van der Waals surface area contributed by atoms with Crippen molar-refractivity contribution in [2.24, 2.45) is 0 Å². The molecule has 4 rings (SSSR count). The van der Waals surface area contributed by atoms with Crippen LogP contribution in [0.5, 0.6) is 0 Å². The Morgan fingerprint density at radius 3 is 2.68 bits per heavy atom. The van der Waals surface area contributed by atoms with Crippen molar-refractivity contribution in [2.45, 2.75) is 52.1 Å². The van der Waals surface area contributed by atoms with Crippen LogP contribution in [0.25, 0.3) is 22.3 Å². The minimum Gasteiger partial charge on any atom is -0.395 e. The van der Waals surface area contributed by atoms with Crippen molar-refractivity contribution in [3.05, 3.63) is 42.2 Å². The van der Waals surface area contributed by atoms with Crippen LogP contribution in [0, 0.1) is 6.92 Å². The van der Waals surface area contributed by atoms with Crippen molar-refractivity contribution in [3.8, 4) is 11.4 Å². The van der Waals surface area contributed by atoms with Gasteiger partial charge in [0.05, 0.1) is 6.61 Å². The Balaban J connectivity index is 0.000000271. The summed E-state index contributed by atoms with van der Waals surface area (Å²) < 4.78 is 0. The maximum Gasteiger partial charge on any atom is 0.161 e. The van der Waals surface area contributed by atoms with Gasteiger partial charge in [0.15, 0.2) is 5.82 Å². The lowest BCUT2D eigenvalue weighted by Gasteiger charge is -2.21. The molecule has 1 unspecified atom stereocenters. The number of H-pyrrole nitrogens is 1. The minimum atomic E-state index is -0.0205. The van der Waals surface area contributed by atoms with E-state index in [-0.39, 0.29) is 5.54 Å². The maximum atomic E-state index is 8.50. The van der Waals surface area contributed by atoms with Gasteiger partial charge in [-0.1, -0.05) is 0 Å². The second-order valence-electron chi connectivity index (χ2n) is 8.37. The summed E-state index contributed by atoms with van der Waals surface area (Å²) in [7, 11) is 0. The summed E-state index contributed by atoms with van der Waals surface area (Å²) in [4.78, 5) is 12.3. The zero-order valence-electron chi connectivity index (χ0n) is 17.2. The highest BCUT2D eigenvalue weighted by Gasteiger charge is 2.12. The zero-order chi connectivity index (χ0) is 20.1. The molecule has 6 heteroatoms. The fourth-order valence-electron chi connectivity index (χ4n) is 3.28. The van der Waals surface area contributed by atoms with E-state index in [0.717, 1.165) is 41.4 Å². The van der Waals surface area contributed by atoms with E-state index in [2.05, 4.69) is 77.5 Å². The van der Waals surface area contributed by atoms with Crippen molar-refractivity contribution in [2.75, 3.05) is 18.5 Å². The second kappa shape index (κ2) is 8.71. The Hall–Kier alpha value is -2.44. The molecule has 3 aromatic rings. The molecule has 2 aromatic heterocycles. The van der Waals surface area contributed by atoms with Crippen LogP contribution in [0.4, 0.5) is 5.82 Å². The fourth-order valence-corrected chi connectivity index (χ4v) is 3.28. The fraction of sp³-hybridized carbons (Fsp3) is 0.455. The summed E-state index contributed by atoms with van der Waals surface area (Å²) in [6, 6.07) is 10.7. The second-order valence-corrected chi connectivity index (χ2v) is 8.37. The first-order chi connectivity index (χ1) is 13.3. The largest absolute Gasteiger partial charge is 0.395 e. The van der Waals surface area contributed by atoms with E-state index in [1.807, 2.05) is 6.07 Å². The van der Waals surface area contributed by atoms with Crippen LogP contribution < -0.4 is 10.6 Å². The van der Waals surface area contributed by atoms with Crippen LogP contribution in [0.1, 0.15) is 39.3 Å². The van der Waals surface area contributed by atoms with Gasteiger partial charge in [0.2, 0.25) is 0 Å². The number of aryl methyl sites for hydroxylation is 1. The Morgan fingerprint density at radius 2 is 2.04 bits per heavy atom. The van der Waals surface area contributed by atoms with Gasteiger partial charge in [-0.25, -0.2) is 9.97 Å². The quantitative estimate of drug-likeness (QED) is 0.553. The normalized spacial score (nSPS) is 16.7. The Labute approximate surface area is 166 Å². The first-order valence-corrected chi connectivity index (χ1v) is 9.89. The van der Waals surface area contributed by atoms with Gasteiger partial charge in [0.25, 0.3) is 0 Å². The average molecular weight is 382 g/mol. The molecule has 0 radical (unpaired) electrons. The van der Waals surface area contributed by atoms with Crippen molar-refractivity contribution >= 4 is 16.7 Å². The van der Waals surface area contributed by atoms with E-state index in [9.17, 15) is 0 Å². The molecule has 3 heterocycles. The number of aromatic amines is 1. The van der Waals surface area contributed by atoms with Gasteiger partial charge < -0.3 is 20.7 Å². The maximum absolute atomic E-state index is 8.50.